The van der Waals surface area contributed by atoms with Gasteiger partial charge in [0.25, 0.3) is 0 Å². The lowest BCUT2D eigenvalue weighted by molar-refractivity contribution is -0.137. The summed E-state index contributed by atoms with van der Waals surface area (Å²) in [6.07, 6.45) is -3.83. The predicted octanol–water partition coefficient (Wildman–Crippen LogP) is 2.68. The molecule has 2 rings (SSSR count). The molecule has 0 unspecified atom stereocenters. The maximum Gasteiger partial charge on any atom is 0.416 e. The second-order valence-electron chi connectivity index (χ2n) is 6.19. The number of nitrogens with zero attached hydrogens (tertiary/aromatic N) is 1. The zero-order valence-corrected chi connectivity index (χ0v) is 17.1. The molecule has 2 aromatic carbocycles. The van der Waals surface area contributed by atoms with E-state index in [0.29, 0.717) is 21.9 Å². The first kappa shape index (κ1) is 23.3. The summed E-state index contributed by atoms with van der Waals surface area (Å²) in [6, 6.07) is 10.5. The molecule has 0 radical (unpaired) electrons. The number of ether oxygens (including phenoxy) is 2. The van der Waals surface area contributed by atoms with E-state index in [1.165, 1.54) is 13.2 Å². The topological polar surface area (TPSA) is 84.9 Å². The Morgan fingerprint density at radius 2 is 1.73 bits per heavy atom. The third kappa shape index (κ3) is 6.83. The average Bonchev–Trinajstić information content (AvgIpc) is 2.68. The van der Waals surface area contributed by atoms with E-state index >= 15 is 0 Å². The Bertz CT molecular complexity index is 963. The fourth-order valence-corrected chi connectivity index (χ4v) is 3.30. The van der Waals surface area contributed by atoms with Gasteiger partial charge < -0.3 is 14.8 Å². The van der Waals surface area contributed by atoms with E-state index in [1.807, 2.05) is 0 Å². The zero-order valence-electron chi connectivity index (χ0n) is 16.3. The molecule has 0 saturated carbocycles. The first-order chi connectivity index (χ1) is 14.0. The second kappa shape index (κ2) is 9.70. The molecule has 0 aliphatic heterocycles. The number of alkyl halides is 3. The van der Waals surface area contributed by atoms with Crippen molar-refractivity contribution < 1.29 is 35.9 Å². The highest BCUT2D eigenvalue weighted by atomic mass is 32.2. The van der Waals surface area contributed by atoms with Crippen LogP contribution in [0.15, 0.2) is 48.5 Å². The third-order valence-corrected chi connectivity index (χ3v) is 5.04. The standard InChI is InChI=1S/C19H21F3N2O5S/c1-28-16-6-8-17(9-7-16)29-11-10-23-18(25)13-24(30(2,26)27)15-5-3-4-14(12-15)19(20,21)22/h3-9,12H,10-11,13H2,1-2H3,(H,23,25). The number of halogens is 3. The molecule has 1 amide bonds. The molecule has 2 aromatic rings. The van der Waals surface area contributed by atoms with Crippen molar-refractivity contribution in [1.29, 1.82) is 0 Å². The lowest BCUT2D eigenvalue weighted by Crippen LogP contribution is -2.41. The highest BCUT2D eigenvalue weighted by Gasteiger charge is 2.31. The van der Waals surface area contributed by atoms with Crippen LogP contribution in [0.4, 0.5) is 18.9 Å². The Kier molecular flexibility index (Phi) is 7.54. The number of amides is 1. The highest BCUT2D eigenvalue weighted by molar-refractivity contribution is 7.92. The van der Waals surface area contributed by atoms with Gasteiger partial charge in [-0.15, -0.1) is 0 Å². The van der Waals surface area contributed by atoms with Crippen molar-refractivity contribution in [1.82, 2.24) is 5.32 Å². The van der Waals surface area contributed by atoms with Gasteiger partial charge in [0.05, 0.1) is 31.2 Å². The van der Waals surface area contributed by atoms with E-state index in [9.17, 15) is 26.4 Å². The molecule has 0 atom stereocenters. The number of hydrogen-bond donors (Lipinski definition) is 1. The Hall–Kier alpha value is -2.95. The molecule has 0 saturated heterocycles. The molecule has 1 N–H and O–H groups in total. The first-order valence-electron chi connectivity index (χ1n) is 8.69. The van der Waals surface area contributed by atoms with Gasteiger partial charge in [0.1, 0.15) is 24.7 Å². The van der Waals surface area contributed by atoms with Crippen LogP contribution in [-0.2, 0) is 21.0 Å². The number of hydrogen-bond acceptors (Lipinski definition) is 5. The van der Waals surface area contributed by atoms with Crippen molar-refractivity contribution >= 4 is 21.6 Å². The Morgan fingerprint density at radius 3 is 2.30 bits per heavy atom. The van der Waals surface area contributed by atoms with Crippen molar-refractivity contribution in [2.24, 2.45) is 0 Å². The molecular formula is C19H21F3N2O5S. The van der Waals surface area contributed by atoms with Gasteiger partial charge in [-0.25, -0.2) is 8.42 Å². The summed E-state index contributed by atoms with van der Waals surface area (Å²) < 4.78 is 73.9. The van der Waals surface area contributed by atoms with Crippen molar-refractivity contribution in [3.05, 3.63) is 54.1 Å². The van der Waals surface area contributed by atoms with Gasteiger partial charge in [0, 0.05) is 0 Å². The van der Waals surface area contributed by atoms with Gasteiger partial charge in [-0.05, 0) is 42.5 Å². The van der Waals surface area contributed by atoms with Crippen molar-refractivity contribution in [2.45, 2.75) is 6.18 Å². The van der Waals surface area contributed by atoms with Crippen LogP contribution in [0.25, 0.3) is 0 Å². The summed E-state index contributed by atoms with van der Waals surface area (Å²) in [4.78, 5) is 12.1. The fraction of sp³-hybridized carbons (Fsp3) is 0.316. The van der Waals surface area contributed by atoms with Gasteiger partial charge in [-0.2, -0.15) is 13.2 Å². The van der Waals surface area contributed by atoms with Crippen molar-refractivity contribution in [3.8, 4) is 11.5 Å². The van der Waals surface area contributed by atoms with Crippen LogP contribution < -0.4 is 19.1 Å². The van der Waals surface area contributed by atoms with E-state index in [1.54, 1.807) is 24.3 Å². The van der Waals surface area contributed by atoms with Crippen LogP contribution in [0, 0.1) is 0 Å². The van der Waals surface area contributed by atoms with E-state index < -0.39 is 34.2 Å². The monoisotopic (exact) mass is 446 g/mol. The zero-order chi connectivity index (χ0) is 22.4. The van der Waals surface area contributed by atoms with E-state index in [0.717, 1.165) is 18.4 Å². The van der Waals surface area contributed by atoms with Gasteiger partial charge in [0.15, 0.2) is 0 Å². The van der Waals surface area contributed by atoms with Gasteiger partial charge in [-0.3, -0.25) is 9.10 Å². The minimum atomic E-state index is -4.64. The first-order valence-corrected chi connectivity index (χ1v) is 10.5. The molecule has 7 nitrogen and oxygen atoms in total. The van der Waals surface area contributed by atoms with Crippen LogP contribution >= 0.6 is 0 Å². The van der Waals surface area contributed by atoms with E-state index in [2.05, 4.69) is 5.32 Å². The molecule has 11 heteroatoms. The van der Waals surface area contributed by atoms with Crippen LogP contribution in [0.2, 0.25) is 0 Å². The third-order valence-electron chi connectivity index (χ3n) is 3.90. The maximum absolute atomic E-state index is 12.9. The summed E-state index contributed by atoms with van der Waals surface area (Å²) in [5, 5.41) is 2.48. The molecule has 0 aliphatic carbocycles. The maximum atomic E-state index is 12.9. The average molecular weight is 446 g/mol. The number of carbonyl (C=O) groups is 1. The van der Waals surface area contributed by atoms with E-state index in [-0.39, 0.29) is 18.8 Å². The molecule has 0 aliphatic rings. The highest BCUT2D eigenvalue weighted by Crippen LogP contribution is 2.32. The molecule has 0 bridgehead atoms. The summed E-state index contributed by atoms with van der Waals surface area (Å²) in [5.74, 6) is 0.522. The van der Waals surface area contributed by atoms with Gasteiger partial charge in [0.2, 0.25) is 15.9 Å². The minimum absolute atomic E-state index is 0.0745. The smallest absolute Gasteiger partial charge is 0.416 e. The largest absolute Gasteiger partial charge is 0.497 e. The SMILES string of the molecule is COc1ccc(OCCNC(=O)CN(c2cccc(C(F)(F)F)c2)S(C)(=O)=O)cc1. The minimum Gasteiger partial charge on any atom is -0.497 e. The predicted molar refractivity (Wildman–Crippen MR) is 105 cm³/mol. The number of benzene rings is 2. The van der Waals surface area contributed by atoms with Crippen LogP contribution in [-0.4, -0.2) is 47.4 Å². The quantitative estimate of drug-likeness (QED) is 0.599. The molecule has 164 valence electrons. The summed E-state index contributed by atoms with van der Waals surface area (Å²) >= 11 is 0. The molecule has 0 heterocycles. The number of methoxy groups -OCH3 is 1. The summed E-state index contributed by atoms with van der Waals surface area (Å²) in [6.45, 7) is -0.478. The van der Waals surface area contributed by atoms with Crippen LogP contribution in [0.5, 0.6) is 11.5 Å². The fourth-order valence-electron chi connectivity index (χ4n) is 2.46. The van der Waals surface area contributed by atoms with Gasteiger partial charge in [-0.1, -0.05) is 6.07 Å². The number of sulfonamides is 1. The summed E-state index contributed by atoms with van der Waals surface area (Å²) in [7, 11) is -2.46. The number of nitrogens with one attached hydrogen (secondary N) is 1. The number of rotatable bonds is 9. The molecule has 0 aromatic heterocycles. The lowest BCUT2D eigenvalue weighted by Gasteiger charge is -2.22. The molecule has 0 spiro atoms. The van der Waals surface area contributed by atoms with E-state index in [4.69, 9.17) is 9.47 Å². The van der Waals surface area contributed by atoms with Crippen molar-refractivity contribution in [3.63, 3.8) is 0 Å². The second-order valence-corrected chi connectivity index (χ2v) is 8.10. The van der Waals surface area contributed by atoms with Gasteiger partial charge >= 0.3 is 6.18 Å². The molecule has 30 heavy (non-hydrogen) atoms. The van der Waals surface area contributed by atoms with Crippen LogP contribution in [0.3, 0.4) is 0 Å². The molecule has 0 fully saturated rings. The molecular weight excluding hydrogens is 425 g/mol. The number of anilines is 1. The Labute approximate surface area is 172 Å². The number of carbonyl (C=O) groups excluding carboxylic acids is 1. The Morgan fingerprint density at radius 1 is 1.10 bits per heavy atom. The Balaban J connectivity index is 1.96. The summed E-state index contributed by atoms with van der Waals surface area (Å²) in [5.41, 5.74) is -1.26. The van der Waals surface area contributed by atoms with Crippen LogP contribution in [0.1, 0.15) is 5.56 Å². The lowest BCUT2D eigenvalue weighted by atomic mass is 10.2. The normalized spacial score (nSPS) is 11.6. The van der Waals surface area contributed by atoms with Crippen molar-refractivity contribution in [2.75, 3.05) is 37.4 Å².